The second-order valence-corrected chi connectivity index (χ2v) is 4.83. The van der Waals surface area contributed by atoms with Gasteiger partial charge in [-0.25, -0.2) is 0 Å². The minimum Gasteiger partial charge on any atom is -0.288 e. The molecule has 21 heavy (non-hydrogen) atoms. The van der Waals surface area contributed by atoms with E-state index in [1.54, 1.807) is 6.20 Å². The number of aliphatic imine (C=N–C) groups is 1. The van der Waals surface area contributed by atoms with E-state index in [0.29, 0.717) is 6.54 Å². The summed E-state index contributed by atoms with van der Waals surface area (Å²) >= 11 is 0. The van der Waals surface area contributed by atoms with E-state index in [4.69, 9.17) is 0 Å². The Morgan fingerprint density at radius 1 is 1.10 bits per heavy atom. The first-order chi connectivity index (χ1) is 10.3. The Morgan fingerprint density at radius 2 is 1.90 bits per heavy atom. The van der Waals surface area contributed by atoms with Crippen LogP contribution in [-0.4, -0.2) is 11.2 Å². The van der Waals surface area contributed by atoms with E-state index in [-0.39, 0.29) is 0 Å². The normalized spacial score (nSPS) is 11.9. The van der Waals surface area contributed by atoms with Crippen molar-refractivity contribution >= 4 is 12.3 Å². The Labute approximate surface area is 126 Å². The van der Waals surface area contributed by atoms with Gasteiger partial charge in [-0.2, -0.15) is 0 Å². The highest BCUT2D eigenvalue weighted by Crippen LogP contribution is 2.08. The highest BCUT2D eigenvalue weighted by atomic mass is 14.7. The summed E-state index contributed by atoms with van der Waals surface area (Å²) in [5.74, 6) is 0. The monoisotopic (exact) mass is 276 g/mol. The van der Waals surface area contributed by atoms with Crippen LogP contribution in [-0.2, 0) is 6.54 Å². The second-order valence-electron chi connectivity index (χ2n) is 4.83. The van der Waals surface area contributed by atoms with E-state index in [1.807, 2.05) is 50.6 Å². The van der Waals surface area contributed by atoms with Crippen molar-refractivity contribution in [2.45, 2.75) is 20.4 Å². The molecule has 1 heterocycles. The molecule has 0 N–H and O–H groups in total. The fraction of sp³-hybridized carbons (Fsp3) is 0.158. The summed E-state index contributed by atoms with van der Waals surface area (Å²) in [6.45, 7) is 4.75. The third-order valence-electron chi connectivity index (χ3n) is 3.14. The first-order valence-corrected chi connectivity index (χ1v) is 7.08. The maximum Gasteiger partial charge on any atom is 0.0639 e. The molecule has 0 saturated carbocycles. The predicted octanol–water partition coefficient (Wildman–Crippen LogP) is 4.60. The van der Waals surface area contributed by atoms with Gasteiger partial charge in [0.05, 0.1) is 6.54 Å². The molecule has 0 bridgehead atoms. The Balaban J connectivity index is 1.96. The van der Waals surface area contributed by atoms with Crippen LogP contribution in [0.15, 0.2) is 65.9 Å². The minimum absolute atomic E-state index is 0.695. The van der Waals surface area contributed by atoms with Crippen LogP contribution in [0.2, 0.25) is 0 Å². The van der Waals surface area contributed by atoms with Crippen molar-refractivity contribution in [1.82, 2.24) is 4.98 Å². The Hall–Kier alpha value is -2.48. The molecule has 0 saturated heterocycles. The molecule has 0 atom stereocenters. The summed E-state index contributed by atoms with van der Waals surface area (Å²) < 4.78 is 0. The van der Waals surface area contributed by atoms with E-state index < -0.39 is 0 Å². The lowest BCUT2D eigenvalue weighted by Gasteiger charge is -1.99. The average Bonchev–Trinajstić information content (AvgIpc) is 2.51. The molecule has 0 aliphatic rings. The molecule has 2 heteroatoms. The molecule has 0 radical (unpaired) electrons. The number of hydrogen-bond donors (Lipinski definition) is 0. The van der Waals surface area contributed by atoms with E-state index in [2.05, 4.69) is 40.3 Å². The lowest BCUT2D eigenvalue weighted by molar-refractivity contribution is 1.07. The quantitative estimate of drug-likeness (QED) is 0.579. The Bertz CT molecular complexity index is 650. The Morgan fingerprint density at radius 3 is 2.62 bits per heavy atom. The minimum atomic E-state index is 0.695. The lowest BCUT2D eigenvalue weighted by Crippen LogP contribution is -1.89. The Kier molecular flexibility index (Phi) is 5.65. The zero-order valence-corrected chi connectivity index (χ0v) is 12.5. The van der Waals surface area contributed by atoms with Crippen molar-refractivity contribution in [3.63, 3.8) is 0 Å². The van der Waals surface area contributed by atoms with Crippen LogP contribution in [0, 0.1) is 6.92 Å². The van der Waals surface area contributed by atoms with Crippen molar-refractivity contribution in [2.75, 3.05) is 0 Å². The highest BCUT2D eigenvalue weighted by Gasteiger charge is 1.94. The van der Waals surface area contributed by atoms with Gasteiger partial charge in [-0.3, -0.25) is 9.98 Å². The third-order valence-corrected chi connectivity index (χ3v) is 3.14. The second kappa shape index (κ2) is 7.95. The predicted molar refractivity (Wildman–Crippen MR) is 90.6 cm³/mol. The van der Waals surface area contributed by atoms with Crippen LogP contribution >= 0.6 is 0 Å². The van der Waals surface area contributed by atoms with Crippen molar-refractivity contribution in [3.8, 4) is 0 Å². The molecule has 2 nitrogen and oxygen atoms in total. The maximum atomic E-state index is 4.50. The highest BCUT2D eigenvalue weighted by molar-refractivity contribution is 5.81. The van der Waals surface area contributed by atoms with E-state index in [1.165, 1.54) is 11.1 Å². The van der Waals surface area contributed by atoms with Crippen LogP contribution in [0.25, 0.3) is 6.08 Å². The van der Waals surface area contributed by atoms with Crippen LogP contribution in [0.5, 0.6) is 0 Å². The van der Waals surface area contributed by atoms with Gasteiger partial charge in [-0.05, 0) is 42.2 Å². The molecule has 1 aromatic carbocycles. The van der Waals surface area contributed by atoms with Gasteiger partial charge in [0.1, 0.15) is 0 Å². The van der Waals surface area contributed by atoms with Crippen molar-refractivity contribution in [2.24, 2.45) is 4.99 Å². The molecule has 0 amide bonds. The molecule has 0 unspecified atom stereocenters. The summed E-state index contributed by atoms with van der Waals surface area (Å²) in [6.07, 6.45) is 13.7. The van der Waals surface area contributed by atoms with Gasteiger partial charge in [0.15, 0.2) is 0 Å². The molecule has 0 aliphatic carbocycles. The number of nitrogens with zero attached hydrogens (tertiary/aromatic N) is 2. The number of allylic oxidation sites excluding steroid dienone is 3. The zero-order chi connectivity index (χ0) is 14.9. The average molecular weight is 276 g/mol. The number of aromatic nitrogens is 1. The smallest absolute Gasteiger partial charge is 0.0639 e. The molecule has 1 aromatic heterocycles. The largest absolute Gasteiger partial charge is 0.288 e. The topological polar surface area (TPSA) is 25.2 Å². The van der Waals surface area contributed by atoms with Crippen molar-refractivity contribution in [1.29, 1.82) is 0 Å². The van der Waals surface area contributed by atoms with Crippen LogP contribution in [0.1, 0.15) is 29.2 Å². The van der Waals surface area contributed by atoms with Crippen molar-refractivity contribution < 1.29 is 0 Å². The van der Waals surface area contributed by atoms with Gasteiger partial charge in [0, 0.05) is 18.6 Å². The van der Waals surface area contributed by atoms with Crippen molar-refractivity contribution in [3.05, 3.63) is 83.2 Å². The van der Waals surface area contributed by atoms with Crippen LogP contribution in [0.3, 0.4) is 0 Å². The van der Waals surface area contributed by atoms with Gasteiger partial charge in [0.25, 0.3) is 0 Å². The molecular formula is C19H20N2. The standard InChI is InChI=1S/C19H20N2/c1-3-4-5-6-17-7-9-18(10-8-17)14-21-15-19-11-12-20-13-16(19)2/h3-13,15H,14H2,1-2H3/b4-3-,6-5-,21-15-. The molecule has 0 aliphatic heterocycles. The van der Waals surface area contributed by atoms with Crippen LogP contribution in [0.4, 0.5) is 0 Å². The zero-order valence-electron chi connectivity index (χ0n) is 12.5. The molecule has 2 aromatic rings. The summed E-state index contributed by atoms with van der Waals surface area (Å²) in [6, 6.07) is 10.4. The molecule has 0 spiro atoms. The lowest BCUT2D eigenvalue weighted by atomic mass is 10.1. The fourth-order valence-corrected chi connectivity index (χ4v) is 1.89. The first-order valence-electron chi connectivity index (χ1n) is 7.08. The van der Waals surface area contributed by atoms with Gasteiger partial charge in [-0.1, -0.05) is 48.6 Å². The first kappa shape index (κ1) is 14.9. The van der Waals surface area contributed by atoms with Gasteiger partial charge in [-0.15, -0.1) is 0 Å². The number of aryl methyl sites for hydroxylation is 1. The molecule has 2 rings (SSSR count). The van der Waals surface area contributed by atoms with E-state index in [0.717, 1.165) is 11.1 Å². The molecular weight excluding hydrogens is 256 g/mol. The fourth-order valence-electron chi connectivity index (χ4n) is 1.89. The number of rotatable bonds is 5. The number of hydrogen-bond acceptors (Lipinski definition) is 2. The van der Waals surface area contributed by atoms with E-state index >= 15 is 0 Å². The van der Waals surface area contributed by atoms with Gasteiger partial charge in [0.2, 0.25) is 0 Å². The maximum absolute atomic E-state index is 4.50. The van der Waals surface area contributed by atoms with E-state index in [9.17, 15) is 0 Å². The SMILES string of the molecule is C/C=C\C=C/c1ccc(C/N=C\c2ccncc2C)cc1. The summed E-state index contributed by atoms with van der Waals surface area (Å²) in [7, 11) is 0. The summed E-state index contributed by atoms with van der Waals surface area (Å²) in [5.41, 5.74) is 4.67. The molecule has 0 fully saturated rings. The number of benzene rings is 1. The van der Waals surface area contributed by atoms with Crippen LogP contribution < -0.4 is 0 Å². The number of pyridine rings is 1. The van der Waals surface area contributed by atoms with Gasteiger partial charge >= 0.3 is 0 Å². The summed E-state index contributed by atoms with van der Waals surface area (Å²) in [4.78, 5) is 8.57. The summed E-state index contributed by atoms with van der Waals surface area (Å²) in [5, 5.41) is 0. The third kappa shape index (κ3) is 4.84. The van der Waals surface area contributed by atoms with Gasteiger partial charge < -0.3 is 0 Å². The molecule has 106 valence electrons.